The molecule has 4 fully saturated rings. The van der Waals surface area contributed by atoms with Crippen LogP contribution >= 0.6 is 23.2 Å². The number of aryl methyl sites for hydroxylation is 1. The van der Waals surface area contributed by atoms with Gasteiger partial charge in [0.25, 0.3) is 0 Å². The molecule has 0 amide bonds. The zero-order chi connectivity index (χ0) is 18.1. The highest BCUT2D eigenvalue weighted by atomic mass is 35.5. The number of nitrogens with zero attached hydrogens (tertiary/aromatic N) is 1. The first-order valence-electron chi connectivity index (χ1n) is 9.41. The molecule has 1 aromatic heterocycles. The molecule has 26 heavy (non-hydrogen) atoms. The van der Waals surface area contributed by atoms with Gasteiger partial charge in [-0.15, -0.1) is 0 Å². The molecule has 4 bridgehead atoms. The molecule has 0 aliphatic heterocycles. The van der Waals surface area contributed by atoms with Crippen molar-refractivity contribution in [2.45, 2.75) is 45.4 Å². The minimum atomic E-state index is -0.326. The van der Waals surface area contributed by atoms with Gasteiger partial charge in [-0.2, -0.15) is 0 Å². The van der Waals surface area contributed by atoms with E-state index >= 15 is 0 Å². The number of fused-ring (bicyclic) bond motifs is 1. The molecule has 0 N–H and O–H groups in total. The van der Waals surface area contributed by atoms with Crippen LogP contribution in [0.15, 0.2) is 18.2 Å². The zero-order valence-corrected chi connectivity index (χ0v) is 16.2. The molecule has 136 valence electrons. The van der Waals surface area contributed by atoms with Gasteiger partial charge in [0.05, 0.1) is 15.5 Å². The van der Waals surface area contributed by atoms with Gasteiger partial charge in [0.1, 0.15) is 5.52 Å². The van der Waals surface area contributed by atoms with Gasteiger partial charge in [0.2, 0.25) is 0 Å². The summed E-state index contributed by atoms with van der Waals surface area (Å²) >= 11 is 12.7. The molecule has 1 aromatic carbocycles. The molecule has 0 radical (unpaired) electrons. The number of rotatable bonds is 2. The van der Waals surface area contributed by atoms with Crippen LogP contribution in [0.3, 0.4) is 0 Å². The van der Waals surface area contributed by atoms with Gasteiger partial charge in [0, 0.05) is 11.1 Å². The smallest absolute Gasteiger partial charge is 0.317 e. The van der Waals surface area contributed by atoms with E-state index in [4.69, 9.17) is 27.9 Å². The Morgan fingerprint density at radius 2 is 1.69 bits per heavy atom. The van der Waals surface area contributed by atoms with E-state index in [-0.39, 0.29) is 11.4 Å². The second-order valence-corrected chi connectivity index (χ2v) is 9.42. The number of carbonyl (C=O) groups excluding carboxylic acids is 1. The highest BCUT2D eigenvalue weighted by Gasteiger charge is 2.55. The predicted octanol–water partition coefficient (Wildman–Crippen LogP) is 5.97. The van der Waals surface area contributed by atoms with Gasteiger partial charge in [-0.3, -0.25) is 4.79 Å². The van der Waals surface area contributed by atoms with Crippen LogP contribution in [0.4, 0.5) is 0 Å². The molecule has 0 unspecified atom stereocenters. The number of aromatic nitrogens is 1. The van der Waals surface area contributed by atoms with Crippen LogP contribution in [0, 0.1) is 30.1 Å². The van der Waals surface area contributed by atoms with Crippen LogP contribution in [-0.4, -0.2) is 11.0 Å². The van der Waals surface area contributed by atoms with Gasteiger partial charge in [-0.1, -0.05) is 23.2 Å². The summed E-state index contributed by atoms with van der Waals surface area (Å²) in [7, 11) is 0. The number of esters is 1. The van der Waals surface area contributed by atoms with Gasteiger partial charge in [-0.05, 0) is 81.4 Å². The van der Waals surface area contributed by atoms with Crippen LogP contribution in [0.1, 0.15) is 44.2 Å². The largest absolute Gasteiger partial charge is 0.422 e. The molecule has 0 saturated heterocycles. The Bertz CT molecular complexity index is 889. The molecule has 0 atom stereocenters. The second kappa shape index (κ2) is 5.84. The third-order valence-corrected chi connectivity index (χ3v) is 7.24. The maximum absolute atomic E-state index is 13.3. The zero-order valence-electron chi connectivity index (χ0n) is 14.7. The Labute approximate surface area is 163 Å². The normalized spacial score (nSPS) is 32.2. The van der Waals surface area contributed by atoms with Crippen LogP contribution < -0.4 is 4.74 Å². The van der Waals surface area contributed by atoms with Crippen LogP contribution in [0.5, 0.6) is 5.75 Å². The summed E-state index contributed by atoms with van der Waals surface area (Å²) in [6.45, 7) is 1.90. The fourth-order valence-electron chi connectivity index (χ4n) is 5.95. The fourth-order valence-corrected chi connectivity index (χ4v) is 6.50. The number of carbonyl (C=O) groups is 1. The van der Waals surface area contributed by atoms with Crippen LogP contribution in [-0.2, 0) is 4.79 Å². The summed E-state index contributed by atoms with van der Waals surface area (Å²) in [4.78, 5) is 17.8. The maximum atomic E-state index is 13.3. The van der Waals surface area contributed by atoms with Crippen molar-refractivity contribution >= 4 is 40.1 Å². The number of benzene rings is 1. The summed E-state index contributed by atoms with van der Waals surface area (Å²) in [6.07, 6.45) is 6.77. The van der Waals surface area contributed by atoms with E-state index in [1.807, 2.05) is 19.1 Å². The lowest BCUT2D eigenvalue weighted by Gasteiger charge is -2.55. The van der Waals surface area contributed by atoms with Crippen molar-refractivity contribution in [1.29, 1.82) is 0 Å². The molecule has 4 saturated carbocycles. The van der Waals surface area contributed by atoms with Crippen LogP contribution in [0.25, 0.3) is 10.9 Å². The number of hydrogen-bond acceptors (Lipinski definition) is 3. The van der Waals surface area contributed by atoms with Crippen molar-refractivity contribution in [3.05, 3.63) is 33.9 Å². The van der Waals surface area contributed by atoms with E-state index < -0.39 is 0 Å². The Morgan fingerprint density at radius 1 is 1.08 bits per heavy atom. The van der Waals surface area contributed by atoms with Crippen molar-refractivity contribution in [3.63, 3.8) is 0 Å². The third kappa shape index (κ3) is 2.55. The average molecular weight is 390 g/mol. The van der Waals surface area contributed by atoms with Crippen molar-refractivity contribution in [3.8, 4) is 5.75 Å². The van der Waals surface area contributed by atoms with Crippen molar-refractivity contribution in [2.75, 3.05) is 0 Å². The number of hydrogen-bond donors (Lipinski definition) is 0. The fraction of sp³-hybridized carbons (Fsp3) is 0.524. The van der Waals surface area contributed by atoms with E-state index in [1.54, 1.807) is 6.07 Å². The first-order chi connectivity index (χ1) is 12.4. The first kappa shape index (κ1) is 16.8. The minimum absolute atomic E-state index is 0.120. The van der Waals surface area contributed by atoms with Gasteiger partial charge in [0.15, 0.2) is 5.75 Å². The first-order valence-corrected chi connectivity index (χ1v) is 10.2. The lowest BCUT2D eigenvalue weighted by Crippen LogP contribution is -2.51. The lowest BCUT2D eigenvalue weighted by molar-refractivity contribution is -0.161. The molecule has 6 rings (SSSR count). The Hall–Kier alpha value is -1.32. The monoisotopic (exact) mass is 389 g/mol. The molecule has 4 aliphatic carbocycles. The summed E-state index contributed by atoms with van der Waals surface area (Å²) in [5, 5.41) is 1.63. The van der Waals surface area contributed by atoms with E-state index in [9.17, 15) is 4.79 Å². The van der Waals surface area contributed by atoms with Gasteiger partial charge in [-0.25, -0.2) is 4.98 Å². The van der Waals surface area contributed by atoms with Crippen molar-refractivity contribution in [2.24, 2.45) is 23.2 Å². The lowest BCUT2D eigenvalue weighted by atomic mass is 9.49. The molecular weight excluding hydrogens is 369 g/mol. The van der Waals surface area contributed by atoms with Gasteiger partial charge < -0.3 is 4.74 Å². The number of halogens is 2. The number of pyridine rings is 1. The highest BCUT2D eigenvalue weighted by Crippen LogP contribution is 2.60. The Morgan fingerprint density at radius 3 is 2.31 bits per heavy atom. The molecule has 3 nitrogen and oxygen atoms in total. The van der Waals surface area contributed by atoms with Gasteiger partial charge >= 0.3 is 5.97 Å². The van der Waals surface area contributed by atoms with E-state index in [2.05, 4.69) is 4.98 Å². The molecule has 2 aromatic rings. The van der Waals surface area contributed by atoms with E-state index in [0.29, 0.717) is 39.1 Å². The number of ether oxygens (including phenoxy) is 1. The molecule has 4 aliphatic rings. The summed E-state index contributed by atoms with van der Waals surface area (Å²) < 4.78 is 5.96. The van der Waals surface area contributed by atoms with Crippen molar-refractivity contribution in [1.82, 2.24) is 4.98 Å². The minimum Gasteiger partial charge on any atom is -0.422 e. The average Bonchev–Trinajstić information content (AvgIpc) is 2.57. The predicted molar refractivity (Wildman–Crippen MR) is 103 cm³/mol. The third-order valence-electron chi connectivity index (χ3n) is 6.64. The molecule has 1 heterocycles. The second-order valence-electron chi connectivity index (χ2n) is 8.61. The SMILES string of the molecule is Cc1ccc2c(Cl)cc(Cl)c(OC(=O)C34CC5CC(CC(C5)C3)C4)c2n1. The Kier molecular flexibility index (Phi) is 3.78. The topological polar surface area (TPSA) is 39.2 Å². The van der Waals surface area contributed by atoms with Crippen molar-refractivity contribution < 1.29 is 9.53 Å². The standard InChI is InChI=1S/C21H21Cl2NO2/c1-11-2-3-15-16(22)7-17(23)19(18(15)24-11)26-20(25)21-8-12-4-13(9-21)6-14(5-12)10-21/h2-3,7,12-14H,4-6,8-10H2,1H3. The van der Waals surface area contributed by atoms with Crippen LogP contribution in [0.2, 0.25) is 10.0 Å². The van der Waals surface area contributed by atoms with E-state index in [1.165, 1.54) is 19.3 Å². The summed E-state index contributed by atoms with van der Waals surface area (Å²) in [5.41, 5.74) is 1.08. The molecular formula is C21H21Cl2NO2. The maximum Gasteiger partial charge on any atom is 0.317 e. The quantitative estimate of drug-likeness (QED) is 0.468. The van der Waals surface area contributed by atoms with E-state index in [0.717, 1.165) is 30.3 Å². The molecule has 0 spiro atoms. The summed E-state index contributed by atoms with van der Waals surface area (Å²) in [6, 6.07) is 5.44. The highest BCUT2D eigenvalue weighted by molar-refractivity contribution is 6.39. The molecule has 5 heteroatoms. The Balaban J connectivity index is 1.54. The summed E-state index contributed by atoms with van der Waals surface area (Å²) in [5.74, 6) is 2.30.